The van der Waals surface area contributed by atoms with E-state index < -0.39 is 0 Å². The van der Waals surface area contributed by atoms with Crippen LogP contribution >= 0.6 is 0 Å². The van der Waals surface area contributed by atoms with Gasteiger partial charge in [-0.05, 0) is 24.3 Å². The summed E-state index contributed by atoms with van der Waals surface area (Å²) in [5.74, 6) is -0.472. The summed E-state index contributed by atoms with van der Waals surface area (Å²) in [6.45, 7) is 1.37. The second-order valence-corrected chi connectivity index (χ2v) is 5.37. The van der Waals surface area contributed by atoms with Gasteiger partial charge in [0.2, 0.25) is 11.8 Å². The molecule has 2 amide bonds. The minimum Gasteiger partial charge on any atom is -0.325 e. The molecule has 3 aromatic rings. The maximum absolute atomic E-state index is 12.3. The van der Waals surface area contributed by atoms with Gasteiger partial charge in [0.15, 0.2) is 0 Å². The minimum absolute atomic E-state index is 0.0695. The zero-order chi connectivity index (χ0) is 16.9. The minimum atomic E-state index is -0.260. The number of amides is 2. The third kappa shape index (κ3) is 3.41. The van der Waals surface area contributed by atoms with Crippen LogP contribution in [0, 0.1) is 0 Å². The fourth-order valence-corrected chi connectivity index (χ4v) is 2.54. The summed E-state index contributed by atoms with van der Waals surface area (Å²) in [7, 11) is 0. The van der Waals surface area contributed by atoms with E-state index in [-0.39, 0.29) is 18.4 Å². The predicted octanol–water partition coefficient (Wildman–Crippen LogP) is 3.23. The average Bonchev–Trinajstić information content (AvgIpc) is 2.60. The molecule has 24 heavy (non-hydrogen) atoms. The second kappa shape index (κ2) is 6.91. The number of carbonyl (C=O) groups excluding carboxylic acids is 2. The van der Waals surface area contributed by atoms with Crippen molar-refractivity contribution in [3.63, 3.8) is 0 Å². The lowest BCUT2D eigenvalue weighted by Crippen LogP contribution is -2.36. The predicted molar refractivity (Wildman–Crippen MR) is 94.8 cm³/mol. The summed E-state index contributed by atoms with van der Waals surface area (Å²) < 4.78 is 0. The summed E-state index contributed by atoms with van der Waals surface area (Å²) in [6, 6.07) is 18.5. The van der Waals surface area contributed by atoms with E-state index in [1.165, 1.54) is 11.8 Å². The smallest absolute Gasteiger partial charge is 0.244 e. The third-order valence-electron chi connectivity index (χ3n) is 3.64. The summed E-state index contributed by atoms with van der Waals surface area (Å²) in [5, 5.41) is 3.71. The first kappa shape index (κ1) is 15.7. The van der Waals surface area contributed by atoms with Gasteiger partial charge in [0.25, 0.3) is 0 Å². The van der Waals surface area contributed by atoms with Gasteiger partial charge in [-0.25, -0.2) is 0 Å². The largest absolute Gasteiger partial charge is 0.325 e. The topological polar surface area (TPSA) is 62.3 Å². The van der Waals surface area contributed by atoms with Crippen molar-refractivity contribution in [1.29, 1.82) is 0 Å². The highest BCUT2D eigenvalue weighted by atomic mass is 16.2. The van der Waals surface area contributed by atoms with E-state index in [0.717, 1.165) is 5.39 Å². The zero-order valence-corrected chi connectivity index (χ0v) is 13.3. The molecule has 0 atom stereocenters. The quantitative estimate of drug-likeness (QED) is 0.803. The molecule has 0 saturated heterocycles. The Morgan fingerprint density at radius 1 is 1.00 bits per heavy atom. The van der Waals surface area contributed by atoms with Crippen LogP contribution in [0.3, 0.4) is 0 Å². The lowest BCUT2D eigenvalue weighted by molar-refractivity contribution is -0.120. The Balaban J connectivity index is 1.87. The Labute approximate surface area is 139 Å². The molecule has 0 aliphatic carbocycles. The van der Waals surface area contributed by atoms with Gasteiger partial charge < -0.3 is 10.2 Å². The average molecular weight is 319 g/mol. The highest BCUT2D eigenvalue weighted by Crippen LogP contribution is 2.24. The third-order valence-corrected chi connectivity index (χ3v) is 3.64. The summed E-state index contributed by atoms with van der Waals surface area (Å²) in [6.07, 6.45) is 1.67. The number of fused-ring (bicyclic) bond motifs is 1. The molecule has 0 unspecified atom stereocenters. The lowest BCUT2D eigenvalue weighted by atomic mass is 10.1. The van der Waals surface area contributed by atoms with Gasteiger partial charge in [0, 0.05) is 24.2 Å². The molecule has 3 rings (SSSR count). The number of nitrogens with one attached hydrogen (secondary N) is 1. The molecule has 0 fully saturated rings. The van der Waals surface area contributed by atoms with Crippen LogP contribution in [-0.4, -0.2) is 23.3 Å². The van der Waals surface area contributed by atoms with Crippen molar-refractivity contribution in [2.75, 3.05) is 16.8 Å². The molecule has 0 aliphatic heterocycles. The van der Waals surface area contributed by atoms with Crippen LogP contribution in [0.1, 0.15) is 6.92 Å². The zero-order valence-electron chi connectivity index (χ0n) is 13.3. The van der Waals surface area contributed by atoms with Gasteiger partial charge in [-0.3, -0.25) is 14.6 Å². The molecular weight excluding hydrogens is 302 g/mol. The van der Waals surface area contributed by atoms with Crippen LogP contribution in [0.4, 0.5) is 11.4 Å². The highest BCUT2D eigenvalue weighted by molar-refractivity contribution is 6.06. The molecule has 1 heterocycles. The number of hydrogen-bond acceptors (Lipinski definition) is 3. The summed E-state index contributed by atoms with van der Waals surface area (Å²) >= 11 is 0. The number of carbonyl (C=O) groups is 2. The first-order valence-electron chi connectivity index (χ1n) is 7.62. The summed E-state index contributed by atoms with van der Waals surface area (Å²) in [4.78, 5) is 30.2. The van der Waals surface area contributed by atoms with E-state index in [1.54, 1.807) is 24.4 Å². The fraction of sp³-hybridized carbons (Fsp3) is 0.105. The molecule has 5 heteroatoms. The van der Waals surface area contributed by atoms with Crippen LogP contribution in [0.2, 0.25) is 0 Å². The van der Waals surface area contributed by atoms with E-state index in [1.807, 2.05) is 42.5 Å². The number of para-hydroxylation sites is 2. The normalized spacial score (nSPS) is 10.4. The standard InChI is InChI=1S/C19H17N3O2/c1-14(23)22(13-18(24)21-16-9-3-2-4-10-16)17-11-5-7-15-8-6-12-20-19(15)17/h2-12H,13H2,1H3,(H,21,24). The monoisotopic (exact) mass is 319 g/mol. The Hall–Kier alpha value is -3.21. The number of anilines is 2. The van der Waals surface area contributed by atoms with Crippen molar-refractivity contribution in [1.82, 2.24) is 4.98 Å². The van der Waals surface area contributed by atoms with E-state index in [0.29, 0.717) is 16.9 Å². The molecule has 2 aromatic carbocycles. The van der Waals surface area contributed by atoms with Gasteiger partial charge in [0.1, 0.15) is 6.54 Å². The number of aromatic nitrogens is 1. The SMILES string of the molecule is CC(=O)N(CC(=O)Nc1ccccc1)c1cccc2cccnc12. The van der Waals surface area contributed by atoms with Gasteiger partial charge in [-0.1, -0.05) is 36.4 Å². The molecule has 0 spiro atoms. The first-order chi connectivity index (χ1) is 11.6. The van der Waals surface area contributed by atoms with Crippen molar-refractivity contribution in [3.05, 3.63) is 66.9 Å². The first-order valence-corrected chi connectivity index (χ1v) is 7.62. The highest BCUT2D eigenvalue weighted by Gasteiger charge is 2.18. The van der Waals surface area contributed by atoms with Crippen LogP contribution in [0.15, 0.2) is 66.9 Å². The summed E-state index contributed by atoms with van der Waals surface area (Å²) in [5.41, 5.74) is 2.02. The Morgan fingerprint density at radius 2 is 1.75 bits per heavy atom. The van der Waals surface area contributed by atoms with Crippen LogP contribution in [-0.2, 0) is 9.59 Å². The molecule has 5 nitrogen and oxygen atoms in total. The van der Waals surface area contributed by atoms with Gasteiger partial charge in [-0.15, -0.1) is 0 Å². The molecule has 0 radical (unpaired) electrons. The van der Waals surface area contributed by atoms with Crippen molar-refractivity contribution in [2.45, 2.75) is 6.92 Å². The molecule has 120 valence electrons. The van der Waals surface area contributed by atoms with Crippen molar-refractivity contribution >= 4 is 34.1 Å². The van der Waals surface area contributed by atoms with Gasteiger partial charge in [-0.2, -0.15) is 0 Å². The molecule has 1 N–H and O–H groups in total. The Bertz CT molecular complexity index is 873. The van der Waals surface area contributed by atoms with Gasteiger partial charge >= 0.3 is 0 Å². The Morgan fingerprint density at radius 3 is 2.50 bits per heavy atom. The van der Waals surface area contributed by atoms with Crippen molar-refractivity contribution < 1.29 is 9.59 Å². The van der Waals surface area contributed by atoms with Crippen molar-refractivity contribution in [3.8, 4) is 0 Å². The van der Waals surface area contributed by atoms with Crippen LogP contribution < -0.4 is 10.2 Å². The van der Waals surface area contributed by atoms with E-state index in [9.17, 15) is 9.59 Å². The fourth-order valence-electron chi connectivity index (χ4n) is 2.54. The van der Waals surface area contributed by atoms with E-state index in [4.69, 9.17) is 0 Å². The maximum Gasteiger partial charge on any atom is 0.244 e. The molecule has 0 bridgehead atoms. The molecular formula is C19H17N3O2. The number of pyridine rings is 1. The Kier molecular flexibility index (Phi) is 4.52. The van der Waals surface area contributed by atoms with Crippen LogP contribution in [0.5, 0.6) is 0 Å². The van der Waals surface area contributed by atoms with Gasteiger partial charge in [0.05, 0.1) is 11.2 Å². The second-order valence-electron chi connectivity index (χ2n) is 5.37. The van der Waals surface area contributed by atoms with Crippen molar-refractivity contribution in [2.24, 2.45) is 0 Å². The lowest BCUT2D eigenvalue weighted by Gasteiger charge is -2.21. The molecule has 1 aromatic heterocycles. The van der Waals surface area contributed by atoms with E-state index in [2.05, 4.69) is 10.3 Å². The number of rotatable bonds is 4. The molecule has 0 aliphatic rings. The van der Waals surface area contributed by atoms with E-state index >= 15 is 0 Å². The maximum atomic E-state index is 12.3. The van der Waals surface area contributed by atoms with Crippen LogP contribution in [0.25, 0.3) is 10.9 Å². The number of benzene rings is 2. The number of hydrogen-bond donors (Lipinski definition) is 1. The molecule has 0 saturated carbocycles. The number of nitrogens with zero attached hydrogens (tertiary/aromatic N) is 2.